The Bertz CT molecular complexity index is 700. The van der Waals surface area contributed by atoms with Crippen LogP contribution in [0, 0.1) is 0 Å². The molecule has 1 fully saturated rings. The summed E-state index contributed by atoms with van der Waals surface area (Å²) in [5, 5.41) is 3.63. The molecule has 3 rings (SSSR count). The van der Waals surface area contributed by atoms with Gasteiger partial charge in [0.15, 0.2) is 0 Å². The molecule has 1 N–H and O–H groups in total. The highest BCUT2D eigenvalue weighted by Crippen LogP contribution is 2.18. The van der Waals surface area contributed by atoms with Crippen molar-refractivity contribution in [2.24, 2.45) is 0 Å². The molecule has 2 heterocycles. The molecular weight excluding hydrogens is 326 g/mol. The Balaban J connectivity index is 1.64. The highest BCUT2D eigenvalue weighted by molar-refractivity contribution is 6.30. The molecule has 0 unspecified atom stereocenters. The molecule has 2 aromatic rings. The number of hydrogen-bond acceptors (Lipinski definition) is 4. The number of ether oxygens (including phenoxy) is 1. The van der Waals surface area contributed by atoms with Crippen LogP contribution in [0.2, 0.25) is 5.02 Å². The summed E-state index contributed by atoms with van der Waals surface area (Å²) in [6.45, 7) is 5.00. The quantitative estimate of drug-likeness (QED) is 0.925. The van der Waals surface area contributed by atoms with Crippen molar-refractivity contribution in [2.75, 3.05) is 31.2 Å². The van der Waals surface area contributed by atoms with Gasteiger partial charge in [0, 0.05) is 24.3 Å². The van der Waals surface area contributed by atoms with Crippen LogP contribution in [0.3, 0.4) is 0 Å². The number of rotatable bonds is 4. The molecular formula is C18H20ClN3O2. The number of nitrogens with zero attached hydrogens (tertiary/aromatic N) is 2. The molecule has 24 heavy (non-hydrogen) atoms. The summed E-state index contributed by atoms with van der Waals surface area (Å²) in [7, 11) is 0. The maximum absolute atomic E-state index is 12.4. The Morgan fingerprint density at radius 2 is 2.08 bits per heavy atom. The molecule has 1 aliphatic rings. The maximum Gasteiger partial charge on any atom is 0.253 e. The molecule has 0 spiro atoms. The summed E-state index contributed by atoms with van der Waals surface area (Å²) in [5.74, 6) is 0.723. The molecule has 1 atom stereocenters. The van der Waals surface area contributed by atoms with Crippen molar-refractivity contribution in [3.8, 4) is 0 Å². The van der Waals surface area contributed by atoms with Crippen molar-refractivity contribution in [3.05, 3.63) is 58.7 Å². The Hall–Kier alpha value is -2.11. The van der Waals surface area contributed by atoms with Crippen LogP contribution in [0.15, 0.2) is 42.6 Å². The SMILES string of the molecule is C[C@@H](NC(=O)c1ccc(N2CCOCC2)nc1)c1cccc(Cl)c1. The number of pyridine rings is 1. The highest BCUT2D eigenvalue weighted by Gasteiger charge is 2.15. The lowest BCUT2D eigenvalue weighted by molar-refractivity contribution is 0.0939. The van der Waals surface area contributed by atoms with E-state index in [4.69, 9.17) is 16.3 Å². The number of carbonyl (C=O) groups excluding carboxylic acids is 1. The van der Waals surface area contributed by atoms with Crippen LogP contribution in [0.5, 0.6) is 0 Å². The van der Waals surface area contributed by atoms with Gasteiger partial charge in [0.25, 0.3) is 5.91 Å². The summed E-state index contributed by atoms with van der Waals surface area (Å²) in [5.41, 5.74) is 1.51. The maximum atomic E-state index is 12.4. The fraction of sp³-hybridized carbons (Fsp3) is 0.333. The Morgan fingerprint density at radius 1 is 1.29 bits per heavy atom. The van der Waals surface area contributed by atoms with Gasteiger partial charge in [-0.05, 0) is 36.8 Å². The first kappa shape index (κ1) is 16.7. The smallest absolute Gasteiger partial charge is 0.253 e. The molecule has 1 aliphatic heterocycles. The van der Waals surface area contributed by atoms with Crippen LogP contribution in [0.1, 0.15) is 28.9 Å². The number of nitrogens with one attached hydrogen (secondary N) is 1. The monoisotopic (exact) mass is 345 g/mol. The predicted molar refractivity (Wildman–Crippen MR) is 94.6 cm³/mol. The van der Waals surface area contributed by atoms with Gasteiger partial charge >= 0.3 is 0 Å². The Kier molecular flexibility index (Phi) is 5.33. The molecule has 6 heteroatoms. The number of halogens is 1. The topological polar surface area (TPSA) is 54.5 Å². The first-order valence-corrected chi connectivity index (χ1v) is 8.36. The van der Waals surface area contributed by atoms with Crippen molar-refractivity contribution in [2.45, 2.75) is 13.0 Å². The first-order chi connectivity index (χ1) is 11.6. The molecule has 0 bridgehead atoms. The standard InChI is InChI=1S/C18H20ClN3O2/c1-13(14-3-2-4-16(19)11-14)21-18(23)15-5-6-17(20-12-15)22-7-9-24-10-8-22/h2-6,11-13H,7-10H2,1H3,(H,21,23)/t13-/m1/s1. The third-order valence-corrected chi connectivity index (χ3v) is 4.28. The number of morpholine rings is 1. The van der Waals surface area contributed by atoms with E-state index in [9.17, 15) is 4.79 Å². The van der Waals surface area contributed by atoms with Gasteiger partial charge in [-0.25, -0.2) is 4.98 Å². The van der Waals surface area contributed by atoms with Crippen LogP contribution < -0.4 is 10.2 Å². The average Bonchev–Trinajstić information content (AvgIpc) is 2.62. The normalized spacial score (nSPS) is 15.8. The number of anilines is 1. The molecule has 5 nitrogen and oxygen atoms in total. The van der Waals surface area contributed by atoms with Crippen LogP contribution in [-0.2, 0) is 4.74 Å². The van der Waals surface area contributed by atoms with E-state index in [1.807, 2.05) is 37.3 Å². The van der Waals surface area contributed by atoms with Gasteiger partial charge in [-0.1, -0.05) is 23.7 Å². The fourth-order valence-electron chi connectivity index (χ4n) is 2.64. The predicted octanol–water partition coefficient (Wildman–Crippen LogP) is 3.06. The second kappa shape index (κ2) is 7.64. The zero-order chi connectivity index (χ0) is 16.9. The van der Waals surface area contributed by atoms with E-state index < -0.39 is 0 Å². The number of hydrogen-bond donors (Lipinski definition) is 1. The molecule has 0 radical (unpaired) electrons. The fourth-order valence-corrected chi connectivity index (χ4v) is 2.84. The summed E-state index contributed by atoms with van der Waals surface area (Å²) < 4.78 is 5.33. The van der Waals surface area contributed by atoms with Gasteiger partial charge < -0.3 is 15.0 Å². The second-order valence-electron chi connectivity index (χ2n) is 5.75. The number of benzene rings is 1. The van der Waals surface area contributed by atoms with Crippen LogP contribution in [0.4, 0.5) is 5.82 Å². The number of aromatic nitrogens is 1. The van der Waals surface area contributed by atoms with Gasteiger partial charge in [-0.15, -0.1) is 0 Å². The summed E-state index contributed by atoms with van der Waals surface area (Å²) in [6.07, 6.45) is 1.62. The second-order valence-corrected chi connectivity index (χ2v) is 6.19. The number of carbonyl (C=O) groups is 1. The summed E-state index contributed by atoms with van der Waals surface area (Å²) in [6, 6.07) is 11.0. The third kappa shape index (κ3) is 4.04. The molecule has 1 amide bonds. The summed E-state index contributed by atoms with van der Waals surface area (Å²) in [4.78, 5) is 18.9. The van der Waals surface area contributed by atoms with Crippen LogP contribution in [-0.4, -0.2) is 37.2 Å². The van der Waals surface area contributed by atoms with E-state index >= 15 is 0 Å². The molecule has 1 aromatic heterocycles. The largest absolute Gasteiger partial charge is 0.378 e. The minimum absolute atomic E-state index is 0.130. The van der Waals surface area contributed by atoms with E-state index in [2.05, 4.69) is 15.2 Å². The molecule has 0 aliphatic carbocycles. The molecule has 1 aromatic carbocycles. The van der Waals surface area contributed by atoms with E-state index in [0.29, 0.717) is 23.8 Å². The van der Waals surface area contributed by atoms with Gasteiger partial charge in [0.1, 0.15) is 5.82 Å². The van der Waals surface area contributed by atoms with E-state index in [1.54, 1.807) is 12.3 Å². The van der Waals surface area contributed by atoms with Crippen molar-refractivity contribution in [1.29, 1.82) is 0 Å². The zero-order valence-corrected chi connectivity index (χ0v) is 14.3. The van der Waals surface area contributed by atoms with Gasteiger partial charge in [0.2, 0.25) is 0 Å². The third-order valence-electron chi connectivity index (χ3n) is 4.04. The first-order valence-electron chi connectivity index (χ1n) is 7.98. The van der Waals surface area contributed by atoms with E-state index in [-0.39, 0.29) is 11.9 Å². The summed E-state index contributed by atoms with van der Waals surface area (Å²) >= 11 is 6.00. The molecule has 0 saturated carbocycles. The van der Waals surface area contributed by atoms with Crippen LogP contribution in [0.25, 0.3) is 0 Å². The van der Waals surface area contributed by atoms with Crippen molar-refractivity contribution < 1.29 is 9.53 Å². The zero-order valence-electron chi connectivity index (χ0n) is 13.5. The van der Waals surface area contributed by atoms with Crippen molar-refractivity contribution in [1.82, 2.24) is 10.3 Å². The lowest BCUT2D eigenvalue weighted by Crippen LogP contribution is -2.36. The van der Waals surface area contributed by atoms with E-state index in [1.165, 1.54) is 0 Å². The van der Waals surface area contributed by atoms with Gasteiger partial charge in [0.05, 0.1) is 24.8 Å². The average molecular weight is 346 g/mol. The lowest BCUT2D eigenvalue weighted by Gasteiger charge is -2.27. The molecule has 1 saturated heterocycles. The van der Waals surface area contributed by atoms with Crippen molar-refractivity contribution >= 4 is 23.3 Å². The van der Waals surface area contributed by atoms with Crippen molar-refractivity contribution in [3.63, 3.8) is 0 Å². The Morgan fingerprint density at radius 3 is 2.75 bits per heavy atom. The Labute approximate surface area is 146 Å². The van der Waals surface area contributed by atoms with Gasteiger partial charge in [-0.3, -0.25) is 4.79 Å². The minimum Gasteiger partial charge on any atom is -0.378 e. The molecule has 126 valence electrons. The van der Waals surface area contributed by atoms with Gasteiger partial charge in [-0.2, -0.15) is 0 Å². The highest BCUT2D eigenvalue weighted by atomic mass is 35.5. The lowest BCUT2D eigenvalue weighted by atomic mass is 10.1. The minimum atomic E-state index is -0.150. The van der Waals surface area contributed by atoms with Crippen LogP contribution >= 0.6 is 11.6 Å². The van der Waals surface area contributed by atoms with E-state index in [0.717, 1.165) is 24.5 Å². The number of amides is 1.